The molecule has 1 aliphatic carbocycles. The molecular weight excluding hydrogens is 757 g/mol. The van der Waals surface area contributed by atoms with Crippen molar-refractivity contribution >= 4 is 41.8 Å². The van der Waals surface area contributed by atoms with Crippen LogP contribution in [0.25, 0.3) is 0 Å². The van der Waals surface area contributed by atoms with Crippen LogP contribution in [0, 0.1) is 5.92 Å². The average molecular weight is 821 g/mol. The normalized spacial score (nSPS) is 15.0. The van der Waals surface area contributed by atoms with Gasteiger partial charge in [-0.2, -0.15) is 0 Å². The Kier molecular flexibility index (Phi) is 20.6. The van der Waals surface area contributed by atoms with Crippen LogP contribution in [0.4, 0.5) is 0 Å². The number of rotatable bonds is 25. The van der Waals surface area contributed by atoms with Crippen LogP contribution < -0.4 is 36.6 Å². The van der Waals surface area contributed by atoms with Crippen molar-refractivity contribution < 1.29 is 43.0 Å². The summed E-state index contributed by atoms with van der Waals surface area (Å²) >= 11 is 0. The molecule has 1 unspecified atom stereocenters. The fourth-order valence-corrected chi connectivity index (χ4v) is 6.94. The van der Waals surface area contributed by atoms with Crippen LogP contribution >= 0.6 is 0 Å². The molecule has 0 radical (unpaired) electrons. The van der Waals surface area contributed by atoms with Crippen LogP contribution in [0.5, 0.6) is 5.75 Å². The standard InChI is InChI=1S/C44H64N6O9/c1-6-17-34(39(53)42(56)46-28-36(52)50-38(32-21-12-8-13-22-32)43(57)59-44(2,3)4)48-40(54)35(49-41(55)37(47-29-51)31-19-10-7-11-20-31)27-30-18-16-23-33(26-30)58-25-15-9-14-24-45-5/h8,12-13,16,18,21-23,26,29,31,34-35,37-38,45H,6-7,9-11,14-15,17,19-20,24-25,27-28H2,1-5H3,(H,46,56)(H,47,51)(H,48,54)(H,49,55)(H,50,52)/t34?,35-,37-,38-/m0/s1. The van der Waals surface area contributed by atoms with Crippen molar-refractivity contribution in [1.82, 2.24) is 31.9 Å². The molecule has 3 rings (SSSR count). The van der Waals surface area contributed by atoms with Crippen molar-refractivity contribution in [2.45, 2.75) is 128 Å². The number of esters is 1. The second kappa shape index (κ2) is 25.2. The van der Waals surface area contributed by atoms with Crippen LogP contribution in [0.1, 0.15) is 109 Å². The third-order valence-corrected chi connectivity index (χ3v) is 9.89. The van der Waals surface area contributed by atoms with Crippen LogP contribution in [0.2, 0.25) is 0 Å². The zero-order valence-corrected chi connectivity index (χ0v) is 35.2. The lowest BCUT2D eigenvalue weighted by Crippen LogP contribution is -2.58. The van der Waals surface area contributed by atoms with Crippen LogP contribution in [0.15, 0.2) is 54.6 Å². The Morgan fingerprint density at radius 3 is 2.22 bits per heavy atom. The van der Waals surface area contributed by atoms with E-state index >= 15 is 0 Å². The Balaban J connectivity index is 1.75. The zero-order valence-electron chi connectivity index (χ0n) is 35.2. The first-order valence-corrected chi connectivity index (χ1v) is 20.8. The molecular formula is C44H64N6O9. The predicted molar refractivity (Wildman–Crippen MR) is 223 cm³/mol. The highest BCUT2D eigenvalue weighted by Gasteiger charge is 2.35. The number of carbonyl (C=O) groups excluding carboxylic acids is 7. The molecule has 0 spiro atoms. The van der Waals surface area contributed by atoms with Crippen LogP contribution in [-0.2, 0) is 44.7 Å². The number of hydrogen-bond acceptors (Lipinski definition) is 10. The molecule has 15 heteroatoms. The first-order chi connectivity index (χ1) is 28.3. The molecule has 15 nitrogen and oxygen atoms in total. The van der Waals surface area contributed by atoms with E-state index in [1.165, 1.54) is 0 Å². The summed E-state index contributed by atoms with van der Waals surface area (Å²) in [6.45, 7) is 7.68. The Bertz CT molecular complexity index is 1680. The quantitative estimate of drug-likeness (QED) is 0.0373. The van der Waals surface area contributed by atoms with Gasteiger partial charge < -0.3 is 41.4 Å². The number of hydrogen-bond donors (Lipinski definition) is 6. The van der Waals surface area contributed by atoms with Gasteiger partial charge >= 0.3 is 5.97 Å². The Hall–Kier alpha value is -5.31. The first-order valence-electron chi connectivity index (χ1n) is 20.8. The summed E-state index contributed by atoms with van der Waals surface area (Å²) in [5, 5.41) is 16.2. The number of nitrogens with one attached hydrogen (secondary N) is 6. The molecule has 324 valence electrons. The third kappa shape index (κ3) is 17.2. The maximum Gasteiger partial charge on any atom is 0.333 e. The zero-order chi connectivity index (χ0) is 43.2. The highest BCUT2D eigenvalue weighted by molar-refractivity contribution is 6.38. The smallest absolute Gasteiger partial charge is 0.333 e. The number of Topliss-reactive ketones (excluding diaryl/α,β-unsaturated/α-hetero) is 1. The molecule has 0 saturated heterocycles. The van der Waals surface area contributed by atoms with Crippen molar-refractivity contribution in [3.05, 3.63) is 65.7 Å². The summed E-state index contributed by atoms with van der Waals surface area (Å²) in [7, 11) is 1.91. The molecule has 0 aliphatic heterocycles. The Morgan fingerprint density at radius 2 is 1.56 bits per heavy atom. The first kappa shape index (κ1) is 48.1. The van der Waals surface area contributed by atoms with Crippen molar-refractivity contribution in [3.63, 3.8) is 0 Å². The van der Waals surface area contributed by atoms with E-state index < -0.39 is 71.7 Å². The van der Waals surface area contributed by atoms with Gasteiger partial charge in [0.25, 0.3) is 5.91 Å². The van der Waals surface area contributed by atoms with Gasteiger partial charge in [0.05, 0.1) is 19.2 Å². The summed E-state index contributed by atoms with van der Waals surface area (Å²) < 4.78 is 11.5. The molecule has 6 N–H and O–H groups in total. The second-order valence-electron chi connectivity index (χ2n) is 15.9. The highest BCUT2D eigenvalue weighted by Crippen LogP contribution is 2.27. The van der Waals surface area contributed by atoms with Crippen LogP contribution in [-0.4, -0.2) is 92.3 Å². The molecule has 0 heterocycles. The third-order valence-electron chi connectivity index (χ3n) is 9.89. The molecule has 1 fully saturated rings. The number of amides is 5. The number of ether oxygens (including phenoxy) is 2. The molecule has 5 amide bonds. The van der Waals surface area contributed by atoms with Crippen molar-refractivity contribution in [3.8, 4) is 5.75 Å². The lowest BCUT2D eigenvalue weighted by Gasteiger charge is -2.30. The fraction of sp³-hybridized carbons (Fsp3) is 0.568. The number of benzene rings is 2. The van der Waals surface area contributed by atoms with E-state index in [-0.39, 0.29) is 18.8 Å². The van der Waals surface area contributed by atoms with Gasteiger partial charge in [-0.15, -0.1) is 0 Å². The van der Waals surface area contributed by atoms with E-state index in [4.69, 9.17) is 9.47 Å². The Labute approximate surface area is 348 Å². The SMILES string of the molecule is CCCC(NC(=O)[C@H](Cc1cccc(OCCCCCNC)c1)NC(=O)[C@@H](NC=O)C1CCCCC1)C(=O)C(=O)NCC(=O)N[C@H](C(=O)OC(C)(C)C)c1ccccc1. The van der Waals surface area contributed by atoms with Crippen molar-refractivity contribution in [2.24, 2.45) is 5.92 Å². The largest absolute Gasteiger partial charge is 0.494 e. The topological polar surface area (TPSA) is 210 Å². The summed E-state index contributed by atoms with van der Waals surface area (Å²) in [4.78, 5) is 92.2. The maximum atomic E-state index is 14.1. The van der Waals surface area contributed by atoms with Crippen molar-refractivity contribution in [2.75, 3.05) is 26.7 Å². The minimum atomic E-state index is -1.28. The number of ketones is 1. The summed E-state index contributed by atoms with van der Waals surface area (Å²) in [6, 6.07) is 11.2. The van der Waals surface area contributed by atoms with Crippen molar-refractivity contribution in [1.29, 1.82) is 0 Å². The number of carbonyl (C=O) groups is 7. The molecule has 1 aliphatic rings. The molecule has 2 aromatic carbocycles. The fourth-order valence-electron chi connectivity index (χ4n) is 6.94. The van der Waals surface area contributed by atoms with Gasteiger partial charge in [0.15, 0.2) is 6.04 Å². The number of unbranched alkanes of at least 4 members (excludes halogenated alkanes) is 2. The summed E-state index contributed by atoms with van der Waals surface area (Å²) in [5.41, 5.74) is 0.314. The van der Waals surface area contributed by atoms with E-state index in [1.807, 2.05) is 13.1 Å². The lowest BCUT2D eigenvalue weighted by atomic mass is 9.83. The second-order valence-corrected chi connectivity index (χ2v) is 15.9. The molecule has 1 saturated carbocycles. The van der Waals surface area contributed by atoms with E-state index in [0.29, 0.717) is 36.3 Å². The maximum absolute atomic E-state index is 14.1. The molecule has 2 aromatic rings. The van der Waals surface area contributed by atoms with Gasteiger partial charge in [-0.25, -0.2) is 4.79 Å². The summed E-state index contributed by atoms with van der Waals surface area (Å²) in [5.74, 6) is -4.29. The minimum absolute atomic E-state index is 0.0229. The van der Waals surface area contributed by atoms with Gasteiger partial charge in [-0.1, -0.05) is 75.1 Å². The van der Waals surface area contributed by atoms with Gasteiger partial charge in [-0.05, 0) is 102 Å². The monoisotopic (exact) mass is 820 g/mol. The van der Waals surface area contributed by atoms with Gasteiger partial charge in [-0.3, -0.25) is 28.8 Å². The predicted octanol–water partition coefficient (Wildman–Crippen LogP) is 3.35. The highest BCUT2D eigenvalue weighted by atomic mass is 16.6. The minimum Gasteiger partial charge on any atom is -0.494 e. The molecule has 0 aromatic heterocycles. The van der Waals surface area contributed by atoms with E-state index in [9.17, 15) is 33.6 Å². The molecule has 0 bridgehead atoms. The van der Waals surface area contributed by atoms with Gasteiger partial charge in [0.2, 0.25) is 29.9 Å². The van der Waals surface area contributed by atoms with E-state index in [1.54, 1.807) is 76.2 Å². The van der Waals surface area contributed by atoms with E-state index in [0.717, 1.165) is 57.9 Å². The molecule has 59 heavy (non-hydrogen) atoms. The van der Waals surface area contributed by atoms with Gasteiger partial charge in [0, 0.05) is 6.42 Å². The van der Waals surface area contributed by atoms with Gasteiger partial charge in [0.1, 0.15) is 23.4 Å². The Morgan fingerprint density at radius 1 is 0.847 bits per heavy atom. The lowest BCUT2D eigenvalue weighted by molar-refractivity contribution is -0.158. The molecule has 4 atom stereocenters. The van der Waals surface area contributed by atoms with E-state index in [2.05, 4.69) is 31.9 Å². The summed E-state index contributed by atoms with van der Waals surface area (Å²) in [6.07, 6.45) is 8.28. The van der Waals surface area contributed by atoms with Crippen LogP contribution in [0.3, 0.4) is 0 Å². The average Bonchev–Trinajstić information content (AvgIpc) is 3.21.